The Bertz CT molecular complexity index is 620. The zero-order chi connectivity index (χ0) is 19.6. The third-order valence-corrected chi connectivity index (χ3v) is 3.89. The Kier molecular flexibility index (Phi) is 6.60. The predicted molar refractivity (Wildman–Crippen MR) is 89.0 cm³/mol. The number of halogens is 3. The number of nitrogens with zero attached hydrogens (tertiary/aromatic N) is 1. The zero-order valence-corrected chi connectivity index (χ0v) is 16.2. The summed E-state index contributed by atoms with van der Waals surface area (Å²) in [5.41, 5.74) is 0. The summed E-state index contributed by atoms with van der Waals surface area (Å²) < 4.78 is 24.5. The molecule has 2 unspecified atom stereocenters. The van der Waals surface area contributed by atoms with Gasteiger partial charge in [0.25, 0.3) is 3.79 Å². The highest BCUT2D eigenvalue weighted by molar-refractivity contribution is 6.76. The average Bonchev–Trinajstić information content (AvgIpc) is 2.90. The van der Waals surface area contributed by atoms with E-state index in [1.807, 2.05) is 0 Å². The van der Waals surface area contributed by atoms with Gasteiger partial charge in [-0.2, -0.15) is 0 Å². The van der Waals surface area contributed by atoms with Crippen molar-refractivity contribution < 1.29 is 38.1 Å². The monoisotopic (exact) mass is 431 g/mol. The van der Waals surface area contributed by atoms with Crippen molar-refractivity contribution in [2.75, 3.05) is 6.61 Å². The van der Waals surface area contributed by atoms with E-state index in [4.69, 9.17) is 58.5 Å². The van der Waals surface area contributed by atoms with Gasteiger partial charge in [0.2, 0.25) is 12.2 Å². The van der Waals surface area contributed by atoms with Gasteiger partial charge in [-0.15, -0.1) is 0 Å². The maximum atomic E-state index is 11.5. The van der Waals surface area contributed by atoms with E-state index in [2.05, 4.69) is 4.99 Å². The first-order valence-electron chi connectivity index (χ1n) is 7.44. The molecule has 0 radical (unpaired) electrons. The molecular weight excluding hydrogens is 417 g/mol. The average molecular weight is 433 g/mol. The Morgan fingerprint density at radius 2 is 1.62 bits per heavy atom. The van der Waals surface area contributed by atoms with Crippen LogP contribution in [0.2, 0.25) is 0 Å². The lowest BCUT2D eigenvalue weighted by Crippen LogP contribution is -2.60. The number of aliphatic imine (C=N–C) groups is 1. The van der Waals surface area contributed by atoms with E-state index in [1.165, 1.54) is 20.8 Å². The molecule has 0 aromatic carbocycles. The van der Waals surface area contributed by atoms with E-state index in [0.717, 1.165) is 0 Å². The molecule has 146 valence electrons. The zero-order valence-electron chi connectivity index (χ0n) is 13.9. The quantitative estimate of drug-likeness (QED) is 0.371. The number of carbonyl (C=O) groups is 3. The number of carbonyl (C=O) groups excluding carboxylic acids is 3. The predicted octanol–water partition coefficient (Wildman–Crippen LogP) is 1.31. The fourth-order valence-corrected chi connectivity index (χ4v) is 2.82. The van der Waals surface area contributed by atoms with Crippen molar-refractivity contribution in [2.24, 2.45) is 4.99 Å². The minimum absolute atomic E-state index is 0.260. The van der Waals surface area contributed by atoms with E-state index in [9.17, 15) is 14.4 Å². The molecule has 12 heteroatoms. The van der Waals surface area contributed by atoms with Crippen LogP contribution in [0.3, 0.4) is 0 Å². The maximum absolute atomic E-state index is 11.5. The summed E-state index contributed by atoms with van der Waals surface area (Å²) >= 11 is 17.3. The van der Waals surface area contributed by atoms with Crippen molar-refractivity contribution in [2.45, 2.75) is 55.2 Å². The van der Waals surface area contributed by atoms with Crippen molar-refractivity contribution in [3.05, 3.63) is 0 Å². The number of hydrogen-bond donors (Lipinski definition) is 0. The van der Waals surface area contributed by atoms with Crippen LogP contribution in [0.1, 0.15) is 20.8 Å². The minimum atomic E-state index is -1.97. The Morgan fingerprint density at radius 3 is 2.12 bits per heavy atom. The van der Waals surface area contributed by atoms with Crippen LogP contribution in [-0.2, 0) is 38.1 Å². The molecule has 2 rings (SSSR count). The standard InChI is InChI=1S/C14H16Cl3NO8/c1-5(19)22-4-8-10(23-6(2)20)11(24-7(3)21)9-12(25-8)26-13(18-9)14(15,16)17/h8-12H,4H2,1-3H3/t8?,9?,10-,11-,12-/m1/s1. The SMILES string of the molecule is CC(=O)OCC1O[C@@H]2OC(C(Cl)(Cl)Cl)=NC2[C@@H](OC(C)=O)[C@@H]1OC(C)=O. The fraction of sp³-hybridized carbons (Fsp3) is 0.714. The molecule has 0 aromatic heterocycles. The van der Waals surface area contributed by atoms with Gasteiger partial charge in [-0.25, -0.2) is 4.99 Å². The highest BCUT2D eigenvalue weighted by Crippen LogP contribution is 2.38. The Hall–Kier alpha value is -1.29. The molecule has 1 saturated heterocycles. The van der Waals surface area contributed by atoms with Crippen LogP contribution in [0, 0.1) is 0 Å². The molecule has 2 heterocycles. The topological polar surface area (TPSA) is 110 Å². The molecule has 2 aliphatic rings. The van der Waals surface area contributed by atoms with Crippen LogP contribution in [0.15, 0.2) is 4.99 Å². The summed E-state index contributed by atoms with van der Waals surface area (Å²) in [5, 5.41) is 0. The summed E-state index contributed by atoms with van der Waals surface area (Å²) in [7, 11) is 0. The summed E-state index contributed by atoms with van der Waals surface area (Å²) in [6, 6.07) is -0.942. The van der Waals surface area contributed by atoms with Gasteiger partial charge in [0, 0.05) is 20.8 Å². The second kappa shape index (κ2) is 8.16. The van der Waals surface area contributed by atoms with Crippen LogP contribution in [0.5, 0.6) is 0 Å². The van der Waals surface area contributed by atoms with Crippen LogP contribution < -0.4 is 0 Å². The molecule has 0 amide bonds. The molecule has 9 nitrogen and oxygen atoms in total. The van der Waals surface area contributed by atoms with Crippen LogP contribution >= 0.6 is 34.8 Å². The first-order valence-corrected chi connectivity index (χ1v) is 8.57. The van der Waals surface area contributed by atoms with Crippen molar-refractivity contribution in [1.82, 2.24) is 0 Å². The fourth-order valence-electron chi connectivity index (χ4n) is 2.54. The van der Waals surface area contributed by atoms with Crippen LogP contribution in [-0.4, -0.2) is 64.8 Å². The largest absolute Gasteiger partial charge is 0.463 e. The van der Waals surface area contributed by atoms with Gasteiger partial charge in [0.15, 0.2) is 18.2 Å². The van der Waals surface area contributed by atoms with Gasteiger partial charge in [0.1, 0.15) is 12.7 Å². The lowest BCUT2D eigenvalue weighted by Gasteiger charge is -2.40. The number of esters is 3. The Morgan fingerprint density at radius 1 is 1.04 bits per heavy atom. The lowest BCUT2D eigenvalue weighted by atomic mass is 9.97. The molecule has 0 N–H and O–H groups in total. The molecule has 1 fully saturated rings. The first kappa shape index (κ1) is 21.0. The van der Waals surface area contributed by atoms with E-state index >= 15 is 0 Å². The smallest absolute Gasteiger partial charge is 0.303 e. The molecule has 0 spiro atoms. The molecule has 0 saturated carbocycles. The van der Waals surface area contributed by atoms with Crippen LogP contribution in [0.25, 0.3) is 0 Å². The minimum Gasteiger partial charge on any atom is -0.463 e. The molecule has 5 atom stereocenters. The van der Waals surface area contributed by atoms with E-state index in [0.29, 0.717) is 0 Å². The summed E-state index contributed by atoms with van der Waals surface area (Å²) in [6.07, 6.45) is -4.28. The van der Waals surface area contributed by atoms with Gasteiger partial charge in [-0.1, -0.05) is 34.8 Å². The van der Waals surface area contributed by atoms with E-state index in [1.54, 1.807) is 0 Å². The van der Waals surface area contributed by atoms with Gasteiger partial charge >= 0.3 is 17.9 Å². The lowest BCUT2D eigenvalue weighted by molar-refractivity contribution is -0.249. The van der Waals surface area contributed by atoms with Gasteiger partial charge in [0.05, 0.1) is 0 Å². The van der Waals surface area contributed by atoms with Crippen molar-refractivity contribution >= 4 is 58.6 Å². The van der Waals surface area contributed by atoms with Crippen molar-refractivity contribution in [3.63, 3.8) is 0 Å². The molecule has 0 aromatic rings. The van der Waals surface area contributed by atoms with Crippen LogP contribution in [0.4, 0.5) is 0 Å². The normalized spacial score (nSPS) is 30.5. The van der Waals surface area contributed by atoms with Crippen molar-refractivity contribution in [1.29, 1.82) is 0 Å². The number of rotatable bonds is 4. The summed E-state index contributed by atoms with van der Waals surface area (Å²) in [4.78, 5) is 38.2. The third kappa shape index (κ3) is 5.12. The van der Waals surface area contributed by atoms with Gasteiger partial charge in [-0.3, -0.25) is 14.4 Å². The molecular formula is C14H16Cl3NO8. The maximum Gasteiger partial charge on any atom is 0.303 e. The number of alkyl halides is 3. The second-order valence-corrected chi connectivity index (χ2v) is 7.82. The Balaban J connectivity index is 2.34. The molecule has 0 aliphatic carbocycles. The molecule has 2 aliphatic heterocycles. The van der Waals surface area contributed by atoms with Crippen molar-refractivity contribution in [3.8, 4) is 0 Å². The van der Waals surface area contributed by atoms with Gasteiger partial charge < -0.3 is 23.7 Å². The number of hydrogen-bond acceptors (Lipinski definition) is 9. The van der Waals surface area contributed by atoms with Gasteiger partial charge in [-0.05, 0) is 0 Å². The summed E-state index contributed by atoms with van der Waals surface area (Å²) in [6.45, 7) is 3.26. The highest BCUT2D eigenvalue weighted by atomic mass is 35.6. The van der Waals surface area contributed by atoms with E-state index < -0.39 is 52.3 Å². The molecule has 0 bridgehead atoms. The second-order valence-electron chi connectivity index (χ2n) is 5.53. The summed E-state index contributed by atoms with van der Waals surface area (Å²) in [5.74, 6) is -2.15. The van der Waals surface area contributed by atoms with E-state index in [-0.39, 0.29) is 12.5 Å². The Labute approximate surface area is 163 Å². The highest BCUT2D eigenvalue weighted by Gasteiger charge is 2.56. The first-order chi connectivity index (χ1) is 12.0. The number of ether oxygens (including phenoxy) is 5. The third-order valence-electron chi connectivity index (χ3n) is 3.41. The number of fused-ring (bicyclic) bond motifs is 1. The molecule has 26 heavy (non-hydrogen) atoms.